The van der Waals surface area contributed by atoms with Crippen LogP contribution >= 0.6 is 0 Å². The predicted octanol–water partition coefficient (Wildman–Crippen LogP) is 3.71. The van der Waals surface area contributed by atoms with Gasteiger partial charge in [0.2, 0.25) is 0 Å². The minimum Gasteiger partial charge on any atom is -0.427 e. The molecule has 5 heteroatoms. The Morgan fingerprint density at radius 1 is 1.13 bits per heavy atom. The van der Waals surface area contributed by atoms with E-state index >= 15 is 0 Å². The van der Waals surface area contributed by atoms with E-state index in [1.807, 2.05) is 36.4 Å². The van der Waals surface area contributed by atoms with Crippen LogP contribution in [0.4, 0.5) is 11.5 Å². The Hall–Kier alpha value is -2.95. The zero-order valence-electron chi connectivity index (χ0n) is 13.1. The highest BCUT2D eigenvalue weighted by Crippen LogP contribution is 2.31. The molecule has 3 aromatic rings. The zero-order valence-corrected chi connectivity index (χ0v) is 13.1. The van der Waals surface area contributed by atoms with E-state index in [4.69, 9.17) is 4.74 Å². The number of carbonyl (C=O) groups excluding carboxylic acids is 1. The topological polar surface area (TPSA) is 55.3 Å². The number of benzene rings is 2. The highest BCUT2D eigenvalue weighted by atomic mass is 16.5. The summed E-state index contributed by atoms with van der Waals surface area (Å²) in [6.07, 6.45) is 1.55. The molecular formula is C18H17N3O2. The second kappa shape index (κ2) is 6.44. The average Bonchev–Trinajstić information content (AvgIpc) is 2.56. The van der Waals surface area contributed by atoms with E-state index in [0.29, 0.717) is 5.75 Å². The molecule has 0 N–H and O–H groups in total. The number of esters is 1. The number of para-hydroxylation sites is 1. The molecule has 0 atom stereocenters. The first-order valence-electron chi connectivity index (χ1n) is 7.45. The minimum atomic E-state index is -0.349. The van der Waals surface area contributed by atoms with Crippen LogP contribution < -0.4 is 9.64 Å². The second-order valence-electron chi connectivity index (χ2n) is 5.05. The number of rotatable bonds is 4. The van der Waals surface area contributed by atoms with Crippen LogP contribution in [0, 0.1) is 0 Å². The van der Waals surface area contributed by atoms with Crippen molar-refractivity contribution < 1.29 is 9.53 Å². The number of aromatic nitrogens is 2. The molecule has 116 valence electrons. The first kappa shape index (κ1) is 15.0. The molecular weight excluding hydrogens is 290 g/mol. The molecule has 23 heavy (non-hydrogen) atoms. The molecule has 0 saturated carbocycles. The Balaban J connectivity index is 2.13. The molecule has 2 aromatic carbocycles. The third-order valence-electron chi connectivity index (χ3n) is 3.49. The molecule has 3 rings (SSSR count). The van der Waals surface area contributed by atoms with Crippen molar-refractivity contribution in [3.8, 4) is 5.75 Å². The fourth-order valence-electron chi connectivity index (χ4n) is 2.53. The van der Waals surface area contributed by atoms with Gasteiger partial charge in [0, 0.05) is 24.5 Å². The van der Waals surface area contributed by atoms with Crippen LogP contribution in [0.1, 0.15) is 13.8 Å². The summed E-state index contributed by atoms with van der Waals surface area (Å²) in [5.41, 5.74) is 1.85. The van der Waals surface area contributed by atoms with E-state index in [-0.39, 0.29) is 5.97 Å². The summed E-state index contributed by atoms with van der Waals surface area (Å²) in [6.45, 7) is 4.21. The molecule has 0 fully saturated rings. The van der Waals surface area contributed by atoms with E-state index in [0.717, 1.165) is 29.0 Å². The smallest absolute Gasteiger partial charge is 0.308 e. The normalized spacial score (nSPS) is 10.5. The van der Waals surface area contributed by atoms with Gasteiger partial charge >= 0.3 is 5.97 Å². The van der Waals surface area contributed by atoms with Crippen molar-refractivity contribution in [2.75, 3.05) is 11.4 Å². The van der Waals surface area contributed by atoms with Crippen molar-refractivity contribution in [1.29, 1.82) is 0 Å². The lowest BCUT2D eigenvalue weighted by Gasteiger charge is -2.23. The van der Waals surface area contributed by atoms with Crippen LogP contribution in [-0.4, -0.2) is 22.5 Å². The van der Waals surface area contributed by atoms with E-state index in [9.17, 15) is 4.79 Å². The summed E-state index contributed by atoms with van der Waals surface area (Å²) in [7, 11) is 0. The first-order valence-corrected chi connectivity index (χ1v) is 7.45. The lowest BCUT2D eigenvalue weighted by atomic mass is 10.2. The average molecular weight is 307 g/mol. The maximum atomic E-state index is 11.2. The lowest BCUT2D eigenvalue weighted by Crippen LogP contribution is -2.17. The number of hydrogen-bond donors (Lipinski definition) is 0. The maximum Gasteiger partial charge on any atom is 0.308 e. The van der Waals surface area contributed by atoms with Crippen molar-refractivity contribution in [3.05, 3.63) is 54.9 Å². The standard InChI is InChI=1S/C18H17N3O2/c1-3-21(14-7-5-4-6-8-14)18-16-11-15(23-13(2)22)9-10-17(16)19-12-20-18/h4-12H,3H2,1-2H3. The summed E-state index contributed by atoms with van der Waals surface area (Å²) < 4.78 is 5.18. The molecule has 0 unspecified atom stereocenters. The van der Waals surface area contributed by atoms with Crippen LogP contribution in [0.3, 0.4) is 0 Å². The molecule has 1 heterocycles. The quantitative estimate of drug-likeness (QED) is 0.543. The molecule has 0 radical (unpaired) electrons. The van der Waals surface area contributed by atoms with Crippen molar-refractivity contribution in [1.82, 2.24) is 9.97 Å². The number of ether oxygens (including phenoxy) is 1. The lowest BCUT2D eigenvalue weighted by molar-refractivity contribution is -0.131. The van der Waals surface area contributed by atoms with E-state index in [2.05, 4.69) is 21.8 Å². The van der Waals surface area contributed by atoms with Gasteiger partial charge in [-0.2, -0.15) is 0 Å². The summed E-state index contributed by atoms with van der Waals surface area (Å²) >= 11 is 0. The van der Waals surface area contributed by atoms with Gasteiger partial charge in [0.05, 0.1) is 5.52 Å². The van der Waals surface area contributed by atoms with Gasteiger partial charge in [-0.15, -0.1) is 0 Å². The third-order valence-corrected chi connectivity index (χ3v) is 3.49. The molecule has 0 spiro atoms. The largest absolute Gasteiger partial charge is 0.427 e. The van der Waals surface area contributed by atoms with Gasteiger partial charge in [-0.25, -0.2) is 9.97 Å². The molecule has 1 aromatic heterocycles. The summed E-state index contributed by atoms with van der Waals surface area (Å²) in [6, 6.07) is 15.4. The van der Waals surface area contributed by atoms with Gasteiger partial charge in [0.25, 0.3) is 0 Å². The number of anilines is 2. The number of hydrogen-bond acceptors (Lipinski definition) is 5. The van der Waals surface area contributed by atoms with Gasteiger partial charge < -0.3 is 9.64 Å². The van der Waals surface area contributed by atoms with Crippen molar-refractivity contribution in [2.45, 2.75) is 13.8 Å². The van der Waals surface area contributed by atoms with Crippen LogP contribution in [0.2, 0.25) is 0 Å². The van der Waals surface area contributed by atoms with Gasteiger partial charge in [-0.05, 0) is 37.3 Å². The Kier molecular flexibility index (Phi) is 4.19. The molecule has 0 bridgehead atoms. The highest BCUT2D eigenvalue weighted by Gasteiger charge is 2.13. The minimum absolute atomic E-state index is 0.349. The van der Waals surface area contributed by atoms with Crippen molar-refractivity contribution >= 4 is 28.4 Å². The predicted molar refractivity (Wildman–Crippen MR) is 90.0 cm³/mol. The van der Waals surface area contributed by atoms with Gasteiger partial charge in [-0.3, -0.25) is 4.79 Å². The van der Waals surface area contributed by atoms with Crippen LogP contribution in [-0.2, 0) is 4.79 Å². The van der Waals surface area contributed by atoms with E-state index in [1.54, 1.807) is 18.5 Å². The van der Waals surface area contributed by atoms with Gasteiger partial charge in [-0.1, -0.05) is 18.2 Å². The SMILES string of the molecule is CCN(c1ccccc1)c1ncnc2ccc(OC(C)=O)cc12. The van der Waals surface area contributed by atoms with E-state index < -0.39 is 0 Å². The summed E-state index contributed by atoms with van der Waals surface area (Å²) in [5.74, 6) is 0.932. The summed E-state index contributed by atoms with van der Waals surface area (Å²) in [5, 5.41) is 0.844. The Morgan fingerprint density at radius 2 is 1.91 bits per heavy atom. The Labute approximate surface area is 134 Å². The van der Waals surface area contributed by atoms with Gasteiger partial charge in [0.1, 0.15) is 17.9 Å². The maximum absolute atomic E-state index is 11.2. The fourth-order valence-corrected chi connectivity index (χ4v) is 2.53. The van der Waals surface area contributed by atoms with Gasteiger partial charge in [0.15, 0.2) is 0 Å². The Morgan fingerprint density at radius 3 is 2.61 bits per heavy atom. The monoisotopic (exact) mass is 307 g/mol. The fraction of sp³-hybridized carbons (Fsp3) is 0.167. The van der Waals surface area contributed by atoms with Crippen LogP contribution in [0.5, 0.6) is 5.75 Å². The number of nitrogens with zero attached hydrogens (tertiary/aromatic N) is 3. The Bertz CT molecular complexity index is 834. The van der Waals surface area contributed by atoms with Crippen molar-refractivity contribution in [2.24, 2.45) is 0 Å². The molecule has 0 saturated heterocycles. The van der Waals surface area contributed by atoms with Crippen LogP contribution in [0.25, 0.3) is 10.9 Å². The molecule has 0 aliphatic carbocycles. The summed E-state index contributed by atoms with van der Waals surface area (Å²) in [4.78, 5) is 22.0. The van der Waals surface area contributed by atoms with E-state index in [1.165, 1.54) is 6.92 Å². The second-order valence-corrected chi connectivity index (χ2v) is 5.05. The number of fused-ring (bicyclic) bond motifs is 1. The molecule has 0 aliphatic rings. The third kappa shape index (κ3) is 3.13. The molecule has 0 amide bonds. The first-order chi connectivity index (χ1) is 11.2. The van der Waals surface area contributed by atoms with Crippen LogP contribution in [0.15, 0.2) is 54.9 Å². The highest BCUT2D eigenvalue weighted by molar-refractivity contribution is 5.92. The molecule has 0 aliphatic heterocycles. The number of carbonyl (C=O) groups is 1. The van der Waals surface area contributed by atoms with Crippen molar-refractivity contribution in [3.63, 3.8) is 0 Å². The molecule has 5 nitrogen and oxygen atoms in total. The zero-order chi connectivity index (χ0) is 16.2.